The largest absolute Gasteiger partial charge is 0.368 e. The van der Waals surface area contributed by atoms with E-state index in [0.29, 0.717) is 47.7 Å². The molecule has 2 aliphatic heterocycles. The molecule has 0 aliphatic carbocycles. The number of likely N-dealkylation sites (tertiary alicyclic amines) is 1. The topological polar surface area (TPSA) is 78.8 Å². The summed E-state index contributed by atoms with van der Waals surface area (Å²) in [5, 5.41) is 1.10. The lowest BCUT2D eigenvalue weighted by Crippen LogP contribution is -2.48. The molecule has 2 saturated heterocycles. The van der Waals surface area contributed by atoms with E-state index in [1.54, 1.807) is 23.1 Å². The van der Waals surface area contributed by atoms with Crippen molar-refractivity contribution in [2.45, 2.75) is 19.4 Å². The minimum atomic E-state index is -0.272. The van der Waals surface area contributed by atoms with Crippen molar-refractivity contribution in [3.63, 3.8) is 0 Å². The molecule has 9 heteroatoms. The van der Waals surface area contributed by atoms with Crippen molar-refractivity contribution in [1.29, 1.82) is 0 Å². The Morgan fingerprint density at radius 1 is 0.912 bits per heavy atom. The highest BCUT2D eigenvalue weighted by Gasteiger charge is 2.23. The van der Waals surface area contributed by atoms with Gasteiger partial charge in [-0.05, 0) is 49.2 Å². The second-order valence-corrected chi connectivity index (χ2v) is 9.19. The zero-order valence-corrected chi connectivity index (χ0v) is 19.6. The number of carbonyl (C=O) groups is 2. The highest BCUT2D eigenvalue weighted by Crippen LogP contribution is 2.22. The summed E-state index contributed by atoms with van der Waals surface area (Å²) in [6.07, 6.45) is 3.41. The Balaban J connectivity index is 1.28. The molecule has 34 heavy (non-hydrogen) atoms. The number of piperazine rings is 1. The van der Waals surface area contributed by atoms with Gasteiger partial charge in [0.1, 0.15) is 6.54 Å². The Morgan fingerprint density at radius 2 is 1.68 bits per heavy atom. The number of anilines is 1. The average Bonchev–Trinajstić information content (AvgIpc) is 3.40. The van der Waals surface area contributed by atoms with E-state index in [1.165, 1.54) is 10.9 Å². The number of nitrogens with zero attached hydrogens (tertiary/aromatic N) is 5. The number of benzene rings is 2. The molecule has 0 N–H and O–H groups in total. The molecule has 1 aromatic heterocycles. The first-order valence-corrected chi connectivity index (χ1v) is 11.9. The summed E-state index contributed by atoms with van der Waals surface area (Å²) in [6.45, 7) is 4.09. The lowest BCUT2D eigenvalue weighted by atomic mass is 10.1. The molecule has 0 radical (unpaired) electrons. The fourth-order valence-corrected chi connectivity index (χ4v) is 4.82. The maximum absolute atomic E-state index is 13.1. The maximum atomic E-state index is 13.1. The molecule has 2 aromatic carbocycles. The molecule has 0 bridgehead atoms. The number of amides is 2. The van der Waals surface area contributed by atoms with Crippen LogP contribution in [0.25, 0.3) is 10.9 Å². The highest BCUT2D eigenvalue weighted by atomic mass is 35.5. The third-order valence-electron chi connectivity index (χ3n) is 6.58. The van der Waals surface area contributed by atoms with Gasteiger partial charge >= 0.3 is 0 Å². The summed E-state index contributed by atoms with van der Waals surface area (Å²) >= 11 is 6.11. The van der Waals surface area contributed by atoms with Crippen LogP contribution in [-0.2, 0) is 11.3 Å². The summed E-state index contributed by atoms with van der Waals surface area (Å²) in [5.41, 5.74) is 1.74. The molecular weight excluding hydrogens is 454 g/mol. The van der Waals surface area contributed by atoms with Gasteiger partial charge in [-0.25, -0.2) is 4.98 Å². The van der Waals surface area contributed by atoms with E-state index in [2.05, 4.69) is 9.88 Å². The van der Waals surface area contributed by atoms with Gasteiger partial charge in [-0.1, -0.05) is 17.7 Å². The number of halogens is 1. The van der Waals surface area contributed by atoms with Gasteiger partial charge < -0.3 is 14.7 Å². The predicted octanol–water partition coefficient (Wildman–Crippen LogP) is 2.63. The van der Waals surface area contributed by atoms with Crippen molar-refractivity contribution in [3.8, 4) is 0 Å². The number of aromatic nitrogens is 2. The minimum Gasteiger partial charge on any atom is -0.368 e. The molecule has 3 heterocycles. The molecule has 0 atom stereocenters. The first-order chi connectivity index (χ1) is 16.5. The number of fused-ring (bicyclic) bond motifs is 1. The Morgan fingerprint density at radius 3 is 2.41 bits per heavy atom. The first kappa shape index (κ1) is 22.4. The van der Waals surface area contributed by atoms with Crippen molar-refractivity contribution < 1.29 is 9.59 Å². The van der Waals surface area contributed by atoms with E-state index in [9.17, 15) is 14.4 Å². The molecule has 8 nitrogen and oxygen atoms in total. The average molecular weight is 480 g/mol. The van der Waals surface area contributed by atoms with Crippen LogP contribution in [0, 0.1) is 0 Å². The molecule has 0 spiro atoms. The van der Waals surface area contributed by atoms with Gasteiger partial charge in [0.15, 0.2) is 0 Å². The third kappa shape index (κ3) is 4.50. The number of carbonyl (C=O) groups excluding carboxylic acids is 2. The van der Waals surface area contributed by atoms with Gasteiger partial charge in [0.05, 0.1) is 17.2 Å². The smallest absolute Gasteiger partial charge is 0.261 e. The second-order valence-electron chi connectivity index (χ2n) is 8.76. The molecule has 2 amide bonds. The van der Waals surface area contributed by atoms with Crippen LogP contribution in [-0.4, -0.2) is 70.4 Å². The predicted molar refractivity (Wildman–Crippen MR) is 131 cm³/mol. The lowest BCUT2D eigenvalue weighted by molar-refractivity contribution is -0.130. The van der Waals surface area contributed by atoms with E-state index >= 15 is 0 Å². The summed E-state index contributed by atoms with van der Waals surface area (Å²) in [6, 6.07) is 12.7. The lowest BCUT2D eigenvalue weighted by Gasteiger charge is -2.36. The van der Waals surface area contributed by atoms with Gasteiger partial charge in [-0.15, -0.1) is 0 Å². The highest BCUT2D eigenvalue weighted by molar-refractivity contribution is 6.30. The van der Waals surface area contributed by atoms with Crippen LogP contribution in [0.1, 0.15) is 23.2 Å². The molecule has 176 valence electrons. The molecule has 5 rings (SSSR count). The van der Waals surface area contributed by atoms with Gasteiger partial charge in [0.2, 0.25) is 5.91 Å². The van der Waals surface area contributed by atoms with Crippen LogP contribution < -0.4 is 10.5 Å². The summed E-state index contributed by atoms with van der Waals surface area (Å²) in [5.74, 6) is -0.146. The van der Waals surface area contributed by atoms with Crippen LogP contribution in [0.15, 0.2) is 53.6 Å². The van der Waals surface area contributed by atoms with Gasteiger partial charge in [-0.3, -0.25) is 19.0 Å². The van der Waals surface area contributed by atoms with Gasteiger partial charge in [0.25, 0.3) is 11.5 Å². The molecule has 2 fully saturated rings. The van der Waals surface area contributed by atoms with Crippen molar-refractivity contribution in [2.24, 2.45) is 0 Å². The van der Waals surface area contributed by atoms with Crippen LogP contribution in [0.5, 0.6) is 0 Å². The van der Waals surface area contributed by atoms with Crippen LogP contribution in [0.3, 0.4) is 0 Å². The standard InChI is InChI=1S/C25H26ClN5O3/c26-19-4-3-5-20(15-19)28-10-12-30(13-11-28)24(33)18-6-7-21-22(14-18)27-17-31(25(21)34)16-23(32)29-8-1-2-9-29/h3-7,14-15,17H,1-2,8-13,16H2. The second kappa shape index (κ2) is 9.46. The summed E-state index contributed by atoms with van der Waals surface area (Å²) in [7, 11) is 0. The van der Waals surface area contributed by atoms with Crippen molar-refractivity contribution >= 4 is 40.0 Å². The van der Waals surface area contributed by atoms with Crippen LogP contribution in [0.4, 0.5) is 5.69 Å². The van der Waals surface area contributed by atoms with E-state index < -0.39 is 0 Å². The van der Waals surface area contributed by atoms with Gasteiger partial charge in [0, 0.05) is 55.5 Å². The van der Waals surface area contributed by atoms with E-state index in [-0.39, 0.29) is 23.9 Å². The molecule has 3 aromatic rings. The molecule has 0 unspecified atom stereocenters. The monoisotopic (exact) mass is 479 g/mol. The van der Waals surface area contributed by atoms with E-state index in [0.717, 1.165) is 31.6 Å². The normalized spacial score (nSPS) is 16.3. The molecular formula is C25H26ClN5O3. The zero-order chi connectivity index (χ0) is 23.7. The van der Waals surface area contributed by atoms with E-state index in [4.69, 9.17) is 11.6 Å². The van der Waals surface area contributed by atoms with Crippen molar-refractivity contribution in [1.82, 2.24) is 19.4 Å². The SMILES string of the molecule is O=C(Cn1cnc2cc(C(=O)N3CCN(c4cccc(Cl)c4)CC3)ccc2c1=O)N1CCCC1. The fourth-order valence-electron chi connectivity index (χ4n) is 4.64. The summed E-state index contributed by atoms with van der Waals surface area (Å²) < 4.78 is 1.35. The summed E-state index contributed by atoms with van der Waals surface area (Å²) in [4.78, 5) is 48.6. The quantitative estimate of drug-likeness (QED) is 0.575. The molecule has 0 saturated carbocycles. The molecule has 2 aliphatic rings. The fraction of sp³-hybridized carbons (Fsp3) is 0.360. The zero-order valence-electron chi connectivity index (χ0n) is 18.8. The Labute approximate surface area is 202 Å². The van der Waals surface area contributed by atoms with Crippen molar-refractivity contribution in [2.75, 3.05) is 44.2 Å². The van der Waals surface area contributed by atoms with Crippen molar-refractivity contribution in [3.05, 3.63) is 69.7 Å². The number of hydrogen-bond acceptors (Lipinski definition) is 5. The Hall–Kier alpha value is -3.39. The van der Waals surface area contributed by atoms with Gasteiger partial charge in [-0.2, -0.15) is 0 Å². The first-order valence-electron chi connectivity index (χ1n) is 11.6. The maximum Gasteiger partial charge on any atom is 0.261 e. The Kier molecular flexibility index (Phi) is 6.24. The van der Waals surface area contributed by atoms with E-state index in [1.807, 2.05) is 29.2 Å². The minimum absolute atomic E-state index is 0.0145. The van der Waals surface area contributed by atoms with Crippen LogP contribution >= 0.6 is 11.6 Å². The number of rotatable bonds is 4. The van der Waals surface area contributed by atoms with Crippen LogP contribution in [0.2, 0.25) is 5.02 Å². The number of hydrogen-bond donors (Lipinski definition) is 0. The third-order valence-corrected chi connectivity index (χ3v) is 6.81. The Bertz CT molecular complexity index is 1290.